The predicted molar refractivity (Wildman–Crippen MR) is 63.0 cm³/mol. The molecular formula is C10H18N2O3S. The molecule has 1 fully saturated rings. The molecule has 0 aromatic heterocycles. The van der Waals surface area contributed by atoms with Crippen LogP contribution in [0.25, 0.3) is 0 Å². The van der Waals surface area contributed by atoms with Crippen LogP contribution in [-0.2, 0) is 9.59 Å². The van der Waals surface area contributed by atoms with Crippen molar-refractivity contribution in [2.24, 2.45) is 0 Å². The van der Waals surface area contributed by atoms with Crippen LogP contribution < -0.4 is 5.32 Å². The van der Waals surface area contributed by atoms with Crippen LogP contribution in [0.4, 0.5) is 0 Å². The number of thioether (sulfide) groups is 1. The monoisotopic (exact) mass is 246 g/mol. The van der Waals surface area contributed by atoms with E-state index in [2.05, 4.69) is 5.32 Å². The van der Waals surface area contributed by atoms with Gasteiger partial charge in [-0.15, -0.1) is 11.8 Å². The third-order valence-electron chi connectivity index (χ3n) is 2.33. The van der Waals surface area contributed by atoms with Crippen molar-refractivity contribution in [2.45, 2.75) is 25.2 Å². The van der Waals surface area contributed by atoms with E-state index in [1.807, 2.05) is 0 Å². The number of hydrogen-bond acceptors (Lipinski definition) is 4. The van der Waals surface area contributed by atoms with Crippen molar-refractivity contribution in [3.8, 4) is 0 Å². The van der Waals surface area contributed by atoms with Crippen LogP contribution >= 0.6 is 11.8 Å². The van der Waals surface area contributed by atoms with Gasteiger partial charge in [-0.2, -0.15) is 0 Å². The molecule has 92 valence electrons. The van der Waals surface area contributed by atoms with Gasteiger partial charge >= 0.3 is 0 Å². The van der Waals surface area contributed by atoms with E-state index in [1.165, 1.54) is 11.8 Å². The Hall–Kier alpha value is -0.750. The van der Waals surface area contributed by atoms with Crippen molar-refractivity contribution >= 4 is 23.6 Å². The molecule has 2 N–H and O–H groups in total. The fraction of sp³-hybridized carbons (Fsp3) is 0.800. The van der Waals surface area contributed by atoms with Crippen molar-refractivity contribution in [1.82, 2.24) is 10.2 Å². The van der Waals surface area contributed by atoms with E-state index >= 15 is 0 Å². The van der Waals surface area contributed by atoms with E-state index in [4.69, 9.17) is 5.11 Å². The summed E-state index contributed by atoms with van der Waals surface area (Å²) in [5.41, 5.74) is -0.522. The molecule has 2 amide bonds. The summed E-state index contributed by atoms with van der Waals surface area (Å²) in [6, 6.07) is 0. The third kappa shape index (κ3) is 4.85. The standard InChI is InChI=1S/C10H18N2O3S/c1-8(13)16-7-9(14)11-4-6-12-5-2-3-10(12)15/h8,13H,2-7H2,1H3,(H,11,14). The van der Waals surface area contributed by atoms with Crippen LogP contribution in [0.2, 0.25) is 0 Å². The highest BCUT2D eigenvalue weighted by molar-refractivity contribution is 8.00. The molecule has 0 aromatic carbocycles. The van der Waals surface area contributed by atoms with Gasteiger partial charge in [0.15, 0.2) is 0 Å². The van der Waals surface area contributed by atoms with Crippen LogP contribution in [0.3, 0.4) is 0 Å². The quantitative estimate of drug-likeness (QED) is 0.637. The van der Waals surface area contributed by atoms with Gasteiger partial charge in [0, 0.05) is 26.1 Å². The van der Waals surface area contributed by atoms with Crippen LogP contribution in [0.1, 0.15) is 19.8 Å². The first kappa shape index (κ1) is 13.3. The summed E-state index contributed by atoms with van der Waals surface area (Å²) >= 11 is 1.19. The van der Waals surface area contributed by atoms with Crippen molar-refractivity contribution in [1.29, 1.82) is 0 Å². The highest BCUT2D eigenvalue weighted by Crippen LogP contribution is 2.08. The largest absolute Gasteiger partial charge is 0.383 e. The molecule has 6 heteroatoms. The number of carbonyl (C=O) groups is 2. The zero-order chi connectivity index (χ0) is 12.0. The number of carbonyl (C=O) groups excluding carboxylic acids is 2. The molecule has 5 nitrogen and oxygen atoms in total. The molecule has 1 aliphatic heterocycles. The number of amides is 2. The molecule has 0 spiro atoms. The minimum atomic E-state index is -0.522. The van der Waals surface area contributed by atoms with Gasteiger partial charge in [0.2, 0.25) is 11.8 Å². The van der Waals surface area contributed by atoms with Crippen molar-refractivity contribution in [3.05, 3.63) is 0 Å². The van der Waals surface area contributed by atoms with Gasteiger partial charge in [0.05, 0.1) is 11.2 Å². The van der Waals surface area contributed by atoms with Crippen molar-refractivity contribution in [3.63, 3.8) is 0 Å². The first-order valence-corrected chi connectivity index (χ1v) is 6.48. The molecular weight excluding hydrogens is 228 g/mol. The fourth-order valence-corrected chi connectivity index (χ4v) is 2.01. The molecule has 0 aromatic rings. The topological polar surface area (TPSA) is 69.6 Å². The Morgan fingerprint density at radius 3 is 3.00 bits per heavy atom. The van der Waals surface area contributed by atoms with Gasteiger partial charge in [-0.25, -0.2) is 0 Å². The molecule has 0 radical (unpaired) electrons. The van der Waals surface area contributed by atoms with E-state index in [1.54, 1.807) is 11.8 Å². The molecule has 1 unspecified atom stereocenters. The lowest BCUT2D eigenvalue weighted by molar-refractivity contribution is -0.128. The second-order valence-electron chi connectivity index (χ2n) is 3.74. The summed E-state index contributed by atoms with van der Waals surface area (Å²) in [4.78, 5) is 24.3. The van der Waals surface area contributed by atoms with E-state index in [0.29, 0.717) is 19.5 Å². The minimum absolute atomic E-state index is 0.0995. The summed E-state index contributed by atoms with van der Waals surface area (Å²) < 4.78 is 0. The minimum Gasteiger partial charge on any atom is -0.383 e. The average molecular weight is 246 g/mol. The van der Waals surface area contributed by atoms with E-state index in [0.717, 1.165) is 13.0 Å². The van der Waals surface area contributed by atoms with Gasteiger partial charge in [0.25, 0.3) is 0 Å². The van der Waals surface area contributed by atoms with Crippen LogP contribution in [0.15, 0.2) is 0 Å². The van der Waals surface area contributed by atoms with Gasteiger partial charge in [-0.05, 0) is 13.3 Å². The molecule has 1 rings (SSSR count). The first-order chi connectivity index (χ1) is 7.59. The maximum Gasteiger partial charge on any atom is 0.230 e. The zero-order valence-corrected chi connectivity index (χ0v) is 10.3. The molecule has 16 heavy (non-hydrogen) atoms. The summed E-state index contributed by atoms with van der Waals surface area (Å²) in [5, 5.41) is 11.7. The van der Waals surface area contributed by atoms with Crippen LogP contribution in [-0.4, -0.2) is 52.6 Å². The Morgan fingerprint density at radius 1 is 1.69 bits per heavy atom. The van der Waals surface area contributed by atoms with E-state index in [-0.39, 0.29) is 17.6 Å². The van der Waals surface area contributed by atoms with E-state index in [9.17, 15) is 9.59 Å². The van der Waals surface area contributed by atoms with Crippen LogP contribution in [0.5, 0.6) is 0 Å². The molecule has 1 aliphatic rings. The second-order valence-corrected chi connectivity index (χ2v) is 5.05. The Labute approximate surface area is 99.6 Å². The van der Waals surface area contributed by atoms with Crippen molar-refractivity contribution < 1.29 is 14.7 Å². The van der Waals surface area contributed by atoms with Gasteiger partial charge in [-0.3, -0.25) is 9.59 Å². The molecule has 1 heterocycles. The Kier molecular flexibility index (Phi) is 5.62. The number of rotatable bonds is 6. The summed E-state index contributed by atoms with van der Waals surface area (Å²) in [6.07, 6.45) is 1.55. The maximum atomic E-state index is 11.3. The third-order valence-corrected chi connectivity index (χ3v) is 3.24. The van der Waals surface area contributed by atoms with Gasteiger partial charge in [-0.1, -0.05) is 0 Å². The number of nitrogens with zero attached hydrogens (tertiary/aromatic N) is 1. The summed E-state index contributed by atoms with van der Waals surface area (Å²) in [5.74, 6) is 0.330. The number of aliphatic hydroxyl groups is 1. The average Bonchev–Trinajstić information content (AvgIpc) is 2.61. The lowest BCUT2D eigenvalue weighted by atomic mass is 10.4. The first-order valence-electron chi connectivity index (χ1n) is 5.43. The van der Waals surface area contributed by atoms with E-state index < -0.39 is 5.44 Å². The second kappa shape index (κ2) is 6.75. The number of likely N-dealkylation sites (tertiary alicyclic amines) is 1. The molecule has 1 saturated heterocycles. The number of aliphatic hydroxyl groups excluding tert-OH is 1. The van der Waals surface area contributed by atoms with Crippen molar-refractivity contribution in [2.75, 3.05) is 25.4 Å². The predicted octanol–water partition coefficient (Wildman–Crippen LogP) is -0.204. The Bertz CT molecular complexity index is 258. The highest BCUT2D eigenvalue weighted by Gasteiger charge is 2.19. The molecule has 0 bridgehead atoms. The summed E-state index contributed by atoms with van der Waals surface area (Å²) in [7, 11) is 0. The Balaban J connectivity index is 2.06. The number of nitrogens with one attached hydrogen (secondary N) is 1. The Morgan fingerprint density at radius 2 is 2.44 bits per heavy atom. The van der Waals surface area contributed by atoms with Crippen LogP contribution in [0, 0.1) is 0 Å². The highest BCUT2D eigenvalue weighted by atomic mass is 32.2. The lowest BCUT2D eigenvalue weighted by Crippen LogP contribution is -2.36. The van der Waals surface area contributed by atoms with Gasteiger partial charge < -0.3 is 15.3 Å². The normalized spacial score (nSPS) is 17.6. The lowest BCUT2D eigenvalue weighted by Gasteiger charge is -2.15. The zero-order valence-electron chi connectivity index (χ0n) is 9.44. The summed E-state index contributed by atoms with van der Waals surface area (Å²) in [6.45, 7) is 3.51. The molecule has 0 aliphatic carbocycles. The number of hydrogen-bond donors (Lipinski definition) is 2. The molecule has 1 atom stereocenters. The maximum absolute atomic E-state index is 11.3. The van der Waals surface area contributed by atoms with Gasteiger partial charge in [0.1, 0.15) is 0 Å². The molecule has 0 saturated carbocycles. The SMILES string of the molecule is CC(O)SCC(=O)NCCN1CCCC1=O. The smallest absolute Gasteiger partial charge is 0.230 e. The fourth-order valence-electron chi connectivity index (χ4n) is 1.52.